The maximum Gasteiger partial charge on any atom is 0.416 e. The van der Waals surface area contributed by atoms with Crippen LogP contribution in [-0.4, -0.2) is 16.9 Å². The highest BCUT2D eigenvalue weighted by Crippen LogP contribution is 2.39. The van der Waals surface area contributed by atoms with Crippen molar-refractivity contribution in [3.05, 3.63) is 98.9 Å². The lowest BCUT2D eigenvalue weighted by Crippen LogP contribution is -2.37. The van der Waals surface area contributed by atoms with Gasteiger partial charge < -0.3 is 15.7 Å². The average molecular weight is 512 g/mol. The van der Waals surface area contributed by atoms with E-state index in [0.29, 0.717) is 11.1 Å². The van der Waals surface area contributed by atoms with Crippen LogP contribution in [0.15, 0.2) is 77.4 Å². The molecule has 0 spiro atoms. The summed E-state index contributed by atoms with van der Waals surface area (Å²) in [4.78, 5) is 27.0. The second-order valence-electron chi connectivity index (χ2n) is 8.25. The first kappa shape index (κ1) is 25.0. The summed E-state index contributed by atoms with van der Waals surface area (Å²) in [5.74, 6) is -0.717. The SMILES string of the molecule is N#Cc1ccc(C(NC(=O)Nc2cccc(C(F)(F)F)c2)C2=C(O)CC(c3cccs3)CC2=O)cc1. The molecule has 0 radical (unpaired) electrons. The summed E-state index contributed by atoms with van der Waals surface area (Å²) >= 11 is 1.48. The molecule has 4 rings (SSSR count). The molecule has 2 unspecified atom stereocenters. The lowest BCUT2D eigenvalue weighted by molar-refractivity contribution is -0.137. The van der Waals surface area contributed by atoms with Gasteiger partial charge in [-0.1, -0.05) is 24.3 Å². The third-order valence-corrected chi connectivity index (χ3v) is 6.85. The van der Waals surface area contributed by atoms with Crippen LogP contribution in [0.4, 0.5) is 23.7 Å². The van der Waals surface area contributed by atoms with Gasteiger partial charge in [-0.2, -0.15) is 18.4 Å². The van der Waals surface area contributed by atoms with Crippen LogP contribution in [-0.2, 0) is 11.0 Å². The van der Waals surface area contributed by atoms with Crippen LogP contribution in [0.3, 0.4) is 0 Å². The third-order valence-electron chi connectivity index (χ3n) is 5.81. The molecule has 1 aromatic heterocycles. The van der Waals surface area contributed by atoms with Gasteiger partial charge >= 0.3 is 12.2 Å². The number of hydrogen-bond donors (Lipinski definition) is 3. The minimum atomic E-state index is -4.58. The van der Waals surface area contributed by atoms with E-state index in [9.17, 15) is 27.9 Å². The van der Waals surface area contributed by atoms with Crippen LogP contribution >= 0.6 is 11.3 Å². The minimum Gasteiger partial charge on any atom is -0.512 e. The molecule has 36 heavy (non-hydrogen) atoms. The van der Waals surface area contributed by atoms with Crippen molar-refractivity contribution in [3.63, 3.8) is 0 Å². The average Bonchev–Trinajstić information content (AvgIpc) is 3.38. The van der Waals surface area contributed by atoms with Crippen molar-refractivity contribution in [1.82, 2.24) is 5.32 Å². The Kier molecular flexibility index (Phi) is 7.12. The van der Waals surface area contributed by atoms with Crippen molar-refractivity contribution in [3.8, 4) is 6.07 Å². The predicted molar refractivity (Wildman–Crippen MR) is 128 cm³/mol. The smallest absolute Gasteiger partial charge is 0.416 e. The number of thiophene rings is 1. The number of aliphatic hydroxyl groups is 1. The highest BCUT2D eigenvalue weighted by molar-refractivity contribution is 7.10. The fraction of sp³-hybridized carbons (Fsp3) is 0.192. The highest BCUT2D eigenvalue weighted by atomic mass is 32.1. The second kappa shape index (κ2) is 10.3. The first-order chi connectivity index (χ1) is 17.2. The second-order valence-corrected chi connectivity index (χ2v) is 9.23. The van der Waals surface area contributed by atoms with Gasteiger partial charge in [-0.15, -0.1) is 11.3 Å². The fourth-order valence-electron chi connectivity index (χ4n) is 4.11. The van der Waals surface area contributed by atoms with Gasteiger partial charge in [0.05, 0.1) is 28.8 Å². The van der Waals surface area contributed by atoms with E-state index >= 15 is 0 Å². The molecule has 1 aliphatic carbocycles. The summed E-state index contributed by atoms with van der Waals surface area (Å²) < 4.78 is 39.1. The van der Waals surface area contributed by atoms with Crippen molar-refractivity contribution in [2.45, 2.75) is 31.0 Å². The van der Waals surface area contributed by atoms with Gasteiger partial charge in [0, 0.05) is 29.3 Å². The van der Waals surface area contributed by atoms with Crippen molar-refractivity contribution in [1.29, 1.82) is 5.26 Å². The molecule has 0 aliphatic heterocycles. The highest BCUT2D eigenvalue weighted by Gasteiger charge is 2.35. The lowest BCUT2D eigenvalue weighted by Gasteiger charge is -2.28. The number of carbonyl (C=O) groups excluding carboxylic acids is 2. The van der Waals surface area contributed by atoms with E-state index in [4.69, 9.17) is 5.26 Å². The van der Waals surface area contributed by atoms with E-state index < -0.39 is 23.8 Å². The number of aliphatic hydroxyl groups excluding tert-OH is 1. The van der Waals surface area contributed by atoms with E-state index in [-0.39, 0.29) is 41.6 Å². The molecule has 2 atom stereocenters. The standard InChI is InChI=1S/C26H20F3N3O3S/c27-26(28,29)18-3-1-4-19(13-18)31-25(35)32-24(16-8-6-15(14-30)7-9-16)23-20(33)11-17(12-21(23)34)22-5-2-10-36-22/h1-10,13,17,24,33H,11-12H2,(H2,31,32,35). The monoisotopic (exact) mass is 511 g/mol. The maximum atomic E-state index is 13.2. The van der Waals surface area contributed by atoms with Crippen LogP contribution in [0.25, 0.3) is 0 Å². The molecule has 184 valence electrons. The Morgan fingerprint density at radius 3 is 2.47 bits per heavy atom. The number of alkyl halides is 3. The van der Waals surface area contributed by atoms with E-state index in [2.05, 4.69) is 10.6 Å². The number of hydrogen-bond acceptors (Lipinski definition) is 5. The van der Waals surface area contributed by atoms with Crippen LogP contribution < -0.4 is 10.6 Å². The zero-order valence-corrected chi connectivity index (χ0v) is 19.5. The number of allylic oxidation sites excluding steroid dienone is 1. The Balaban J connectivity index is 1.63. The third kappa shape index (κ3) is 5.58. The molecule has 1 heterocycles. The van der Waals surface area contributed by atoms with Gasteiger partial charge in [-0.3, -0.25) is 4.79 Å². The quantitative estimate of drug-likeness (QED) is 0.366. The summed E-state index contributed by atoms with van der Waals surface area (Å²) in [5.41, 5.74) is -0.223. The van der Waals surface area contributed by atoms with Gasteiger partial charge in [-0.25, -0.2) is 4.79 Å². The van der Waals surface area contributed by atoms with Crippen molar-refractivity contribution >= 4 is 28.8 Å². The predicted octanol–water partition coefficient (Wildman–Crippen LogP) is 6.46. The number of urea groups is 1. The van der Waals surface area contributed by atoms with Gasteiger partial charge in [0.2, 0.25) is 0 Å². The van der Waals surface area contributed by atoms with Crippen LogP contribution in [0.2, 0.25) is 0 Å². The molecule has 1 aliphatic rings. The van der Waals surface area contributed by atoms with Gasteiger partial charge in [0.1, 0.15) is 5.76 Å². The summed E-state index contributed by atoms with van der Waals surface area (Å²) in [6.07, 6.45) is -4.25. The molecule has 0 fully saturated rings. The van der Waals surface area contributed by atoms with Crippen molar-refractivity contribution in [2.24, 2.45) is 0 Å². The van der Waals surface area contributed by atoms with Crippen LogP contribution in [0, 0.1) is 11.3 Å². The number of nitriles is 1. The van der Waals surface area contributed by atoms with Crippen molar-refractivity contribution < 1.29 is 27.9 Å². The number of nitrogens with zero attached hydrogens (tertiary/aromatic N) is 1. The number of benzene rings is 2. The van der Waals surface area contributed by atoms with E-state index in [0.717, 1.165) is 17.0 Å². The summed E-state index contributed by atoms with van der Waals surface area (Å²) in [6.45, 7) is 0. The van der Waals surface area contributed by atoms with E-state index in [1.807, 2.05) is 23.6 Å². The molecule has 10 heteroatoms. The molecular formula is C26H20F3N3O3S. The van der Waals surface area contributed by atoms with E-state index in [1.54, 1.807) is 12.1 Å². The summed E-state index contributed by atoms with van der Waals surface area (Å²) in [7, 11) is 0. The number of amides is 2. The molecule has 0 saturated heterocycles. The normalized spacial score (nSPS) is 16.8. The van der Waals surface area contributed by atoms with Gasteiger partial charge in [-0.05, 0) is 47.3 Å². The van der Waals surface area contributed by atoms with E-state index in [1.165, 1.54) is 35.6 Å². The summed E-state index contributed by atoms with van der Waals surface area (Å²) in [6, 6.07) is 14.1. The van der Waals surface area contributed by atoms with Gasteiger partial charge in [0.25, 0.3) is 0 Å². The summed E-state index contributed by atoms with van der Waals surface area (Å²) in [5, 5.41) is 26.8. The molecular weight excluding hydrogens is 491 g/mol. The zero-order chi connectivity index (χ0) is 25.9. The van der Waals surface area contributed by atoms with Crippen LogP contribution in [0.1, 0.15) is 46.4 Å². The Hall–Kier alpha value is -4.10. The van der Waals surface area contributed by atoms with Crippen molar-refractivity contribution in [2.75, 3.05) is 5.32 Å². The Morgan fingerprint density at radius 2 is 1.86 bits per heavy atom. The largest absolute Gasteiger partial charge is 0.512 e. The Morgan fingerprint density at radius 1 is 1.11 bits per heavy atom. The number of anilines is 1. The number of halogens is 3. The fourth-order valence-corrected chi connectivity index (χ4v) is 4.94. The number of ketones is 1. The molecule has 6 nitrogen and oxygen atoms in total. The topological polar surface area (TPSA) is 102 Å². The zero-order valence-electron chi connectivity index (χ0n) is 18.7. The number of Topliss-reactive ketones (excluding diaryl/α,β-unsaturated/α-hetero) is 1. The lowest BCUT2D eigenvalue weighted by atomic mass is 9.81. The molecule has 3 aromatic rings. The van der Waals surface area contributed by atoms with Gasteiger partial charge in [0.15, 0.2) is 5.78 Å². The molecule has 3 N–H and O–H groups in total. The number of carbonyl (C=O) groups is 2. The number of rotatable bonds is 5. The first-order valence-corrected chi connectivity index (χ1v) is 11.8. The Bertz CT molecular complexity index is 1340. The molecule has 2 aromatic carbocycles. The maximum absolute atomic E-state index is 13.2. The molecule has 2 amide bonds. The first-order valence-electron chi connectivity index (χ1n) is 10.9. The molecule has 0 bridgehead atoms. The molecule has 0 saturated carbocycles. The Labute approximate surface area is 208 Å². The van der Waals surface area contributed by atoms with Crippen LogP contribution in [0.5, 0.6) is 0 Å². The minimum absolute atomic E-state index is 0.00621. The number of nitrogens with one attached hydrogen (secondary N) is 2.